The molecule has 1 aromatic carbocycles. The van der Waals surface area contributed by atoms with Crippen LogP contribution in [0.15, 0.2) is 17.5 Å². The molecule has 0 atom stereocenters. The van der Waals surface area contributed by atoms with Crippen LogP contribution in [0.4, 0.5) is 0 Å². The second-order valence-corrected chi connectivity index (χ2v) is 3.85. The summed E-state index contributed by atoms with van der Waals surface area (Å²) in [6.07, 6.45) is 0. The maximum Gasteiger partial charge on any atom is 0.125 e. The van der Waals surface area contributed by atoms with Gasteiger partial charge in [-0.05, 0) is 11.4 Å². The van der Waals surface area contributed by atoms with Gasteiger partial charge in [0.05, 0.1) is 15.3 Å². The van der Waals surface area contributed by atoms with Crippen LogP contribution in [0.3, 0.4) is 0 Å². The molecule has 0 fully saturated rings. The predicted molar refractivity (Wildman–Crippen MR) is 53.2 cm³/mol. The van der Waals surface area contributed by atoms with Crippen molar-refractivity contribution in [1.82, 2.24) is 0 Å². The molecule has 13 heavy (non-hydrogen) atoms. The van der Waals surface area contributed by atoms with E-state index in [0.717, 1.165) is 4.70 Å². The Kier molecular flexibility index (Phi) is 1.87. The number of phenolic OH excluding ortho intramolecular Hbond substituents is 1. The van der Waals surface area contributed by atoms with Gasteiger partial charge in [-0.1, -0.05) is 11.6 Å². The summed E-state index contributed by atoms with van der Waals surface area (Å²) in [6.45, 7) is 0. The van der Waals surface area contributed by atoms with Gasteiger partial charge in [0.25, 0.3) is 0 Å². The maximum atomic E-state index is 9.47. The fraction of sp³-hybridized carbons (Fsp3) is 0. The van der Waals surface area contributed by atoms with Crippen molar-refractivity contribution in [2.45, 2.75) is 0 Å². The maximum absolute atomic E-state index is 9.47. The lowest BCUT2D eigenvalue weighted by Crippen LogP contribution is -1.77. The third kappa shape index (κ3) is 1.15. The third-order valence-corrected chi connectivity index (χ3v) is 3.01. The summed E-state index contributed by atoms with van der Waals surface area (Å²) in [6, 6.07) is 5.19. The van der Waals surface area contributed by atoms with Crippen LogP contribution in [0.5, 0.6) is 5.75 Å². The third-order valence-electron chi connectivity index (χ3n) is 1.78. The molecule has 1 aromatic heterocycles. The van der Waals surface area contributed by atoms with Crippen molar-refractivity contribution in [3.8, 4) is 11.8 Å². The Morgan fingerprint density at radius 2 is 2.31 bits per heavy atom. The van der Waals surface area contributed by atoms with Crippen LogP contribution < -0.4 is 0 Å². The lowest BCUT2D eigenvalue weighted by Gasteiger charge is -1.99. The van der Waals surface area contributed by atoms with Gasteiger partial charge in [-0.15, -0.1) is 11.3 Å². The van der Waals surface area contributed by atoms with Gasteiger partial charge in [-0.2, -0.15) is 5.26 Å². The van der Waals surface area contributed by atoms with E-state index < -0.39 is 0 Å². The summed E-state index contributed by atoms with van der Waals surface area (Å²) in [4.78, 5) is 0. The Hall–Kier alpha value is -1.24. The largest absolute Gasteiger partial charge is 0.507 e. The zero-order valence-corrected chi connectivity index (χ0v) is 7.99. The topological polar surface area (TPSA) is 44.0 Å². The Labute approximate surface area is 83.6 Å². The van der Waals surface area contributed by atoms with E-state index in [1.807, 2.05) is 11.4 Å². The number of nitriles is 1. The Morgan fingerprint density at radius 3 is 3.00 bits per heavy atom. The lowest BCUT2D eigenvalue weighted by molar-refractivity contribution is 0.482. The summed E-state index contributed by atoms with van der Waals surface area (Å²) < 4.78 is 0.743. The van der Waals surface area contributed by atoms with Gasteiger partial charge in [0, 0.05) is 11.5 Å². The number of hydrogen-bond donors (Lipinski definition) is 1. The Bertz CT molecular complexity index is 512. The molecule has 0 spiro atoms. The Morgan fingerprint density at radius 1 is 1.54 bits per heavy atom. The second-order valence-electron chi connectivity index (χ2n) is 2.53. The summed E-state index contributed by atoms with van der Waals surface area (Å²) in [5.74, 6) is 0.125. The fourth-order valence-corrected chi connectivity index (χ4v) is 2.40. The molecule has 1 heterocycles. The Balaban J connectivity index is 2.99. The van der Waals surface area contributed by atoms with E-state index in [4.69, 9.17) is 16.9 Å². The van der Waals surface area contributed by atoms with Gasteiger partial charge in [0.2, 0.25) is 0 Å². The molecule has 0 bridgehead atoms. The highest BCUT2D eigenvalue weighted by Gasteiger charge is 2.10. The van der Waals surface area contributed by atoms with Crippen molar-refractivity contribution in [3.63, 3.8) is 0 Å². The standard InChI is InChI=1S/C9H4ClNOS/c10-7-3-8(12)5-1-2-13-9(5)6(7)4-11/h1-3,12H. The molecule has 0 saturated carbocycles. The molecule has 0 amide bonds. The van der Waals surface area contributed by atoms with Crippen molar-refractivity contribution in [2.24, 2.45) is 0 Å². The molecule has 0 aliphatic heterocycles. The molecule has 64 valence electrons. The first kappa shape index (κ1) is 8.36. The zero-order chi connectivity index (χ0) is 9.42. The molecule has 2 nitrogen and oxygen atoms in total. The molecule has 0 aliphatic carbocycles. The van der Waals surface area contributed by atoms with Crippen LogP contribution in [0.2, 0.25) is 5.02 Å². The van der Waals surface area contributed by atoms with Crippen molar-refractivity contribution >= 4 is 33.0 Å². The number of hydrogen-bond acceptors (Lipinski definition) is 3. The molecule has 0 radical (unpaired) electrons. The molecule has 0 aliphatic rings. The number of nitrogens with zero attached hydrogens (tertiary/aromatic N) is 1. The second kappa shape index (κ2) is 2.91. The van der Waals surface area contributed by atoms with Gasteiger partial charge < -0.3 is 5.11 Å². The first-order valence-electron chi connectivity index (χ1n) is 3.53. The van der Waals surface area contributed by atoms with Crippen LogP contribution in [-0.2, 0) is 0 Å². The van der Waals surface area contributed by atoms with Gasteiger partial charge in [-0.25, -0.2) is 0 Å². The van der Waals surface area contributed by atoms with E-state index in [9.17, 15) is 5.11 Å². The first-order valence-corrected chi connectivity index (χ1v) is 4.78. The van der Waals surface area contributed by atoms with Crippen LogP contribution >= 0.6 is 22.9 Å². The fourth-order valence-electron chi connectivity index (χ4n) is 1.19. The van der Waals surface area contributed by atoms with E-state index in [-0.39, 0.29) is 5.75 Å². The monoisotopic (exact) mass is 209 g/mol. The predicted octanol–water partition coefficient (Wildman–Crippen LogP) is 3.13. The van der Waals surface area contributed by atoms with Gasteiger partial charge >= 0.3 is 0 Å². The molecule has 4 heteroatoms. The van der Waals surface area contributed by atoms with Crippen molar-refractivity contribution in [3.05, 3.63) is 28.1 Å². The van der Waals surface area contributed by atoms with E-state index in [2.05, 4.69) is 0 Å². The number of rotatable bonds is 0. The average molecular weight is 210 g/mol. The highest BCUT2D eigenvalue weighted by atomic mass is 35.5. The van der Waals surface area contributed by atoms with E-state index >= 15 is 0 Å². The van der Waals surface area contributed by atoms with Crippen molar-refractivity contribution in [2.75, 3.05) is 0 Å². The van der Waals surface area contributed by atoms with Crippen LogP contribution in [0.1, 0.15) is 5.56 Å². The van der Waals surface area contributed by atoms with Gasteiger partial charge in [-0.3, -0.25) is 0 Å². The summed E-state index contributed by atoms with van der Waals surface area (Å²) in [7, 11) is 0. The number of halogens is 1. The number of benzene rings is 1. The van der Waals surface area contributed by atoms with Crippen LogP contribution in [0.25, 0.3) is 10.1 Å². The number of aromatic hydroxyl groups is 1. The van der Waals surface area contributed by atoms with E-state index in [0.29, 0.717) is 16.0 Å². The van der Waals surface area contributed by atoms with E-state index in [1.165, 1.54) is 17.4 Å². The van der Waals surface area contributed by atoms with Crippen LogP contribution in [0, 0.1) is 11.3 Å². The minimum Gasteiger partial charge on any atom is -0.507 e. The molecule has 2 rings (SSSR count). The SMILES string of the molecule is N#Cc1c(Cl)cc(O)c2ccsc12. The van der Waals surface area contributed by atoms with E-state index in [1.54, 1.807) is 6.07 Å². The zero-order valence-electron chi connectivity index (χ0n) is 6.41. The van der Waals surface area contributed by atoms with Crippen molar-refractivity contribution in [1.29, 1.82) is 5.26 Å². The normalized spacial score (nSPS) is 10.2. The summed E-state index contributed by atoms with van der Waals surface area (Å²) >= 11 is 7.19. The average Bonchev–Trinajstić information content (AvgIpc) is 2.53. The molecule has 2 aromatic rings. The minimum atomic E-state index is 0.125. The molecular weight excluding hydrogens is 206 g/mol. The molecule has 1 N–H and O–H groups in total. The van der Waals surface area contributed by atoms with Crippen molar-refractivity contribution < 1.29 is 5.11 Å². The smallest absolute Gasteiger partial charge is 0.125 e. The van der Waals surface area contributed by atoms with Gasteiger partial charge in [0.15, 0.2) is 0 Å². The minimum absolute atomic E-state index is 0.125. The number of thiophene rings is 1. The number of fused-ring (bicyclic) bond motifs is 1. The molecule has 0 saturated heterocycles. The lowest BCUT2D eigenvalue weighted by atomic mass is 10.1. The quantitative estimate of drug-likeness (QED) is 0.725. The highest BCUT2D eigenvalue weighted by molar-refractivity contribution is 7.17. The first-order chi connectivity index (χ1) is 6.24. The summed E-state index contributed by atoms with van der Waals surface area (Å²) in [5, 5.41) is 21.1. The molecular formula is C9H4ClNOS. The molecule has 0 unspecified atom stereocenters. The summed E-state index contributed by atoms with van der Waals surface area (Å²) in [5.41, 5.74) is 0.435. The highest BCUT2D eigenvalue weighted by Crippen LogP contribution is 2.36. The van der Waals surface area contributed by atoms with Crippen LogP contribution in [-0.4, -0.2) is 5.11 Å². The van der Waals surface area contributed by atoms with Gasteiger partial charge in [0.1, 0.15) is 11.8 Å². The number of phenols is 1.